The third-order valence-electron chi connectivity index (χ3n) is 4.40. The van der Waals surface area contributed by atoms with Gasteiger partial charge in [0.1, 0.15) is 12.9 Å². The van der Waals surface area contributed by atoms with E-state index in [1.54, 1.807) is 0 Å². The van der Waals surface area contributed by atoms with Gasteiger partial charge in [0.05, 0.1) is 0 Å². The van der Waals surface area contributed by atoms with Crippen molar-refractivity contribution in [1.29, 1.82) is 0 Å². The molecule has 0 aromatic heterocycles. The molecular weight excluding hydrogens is 284 g/mol. The van der Waals surface area contributed by atoms with Crippen molar-refractivity contribution in [3.05, 3.63) is 108 Å². The molecule has 1 aliphatic heterocycles. The zero-order valence-corrected chi connectivity index (χ0v) is 12.8. The monoisotopic (exact) mass is 302 g/mol. The second-order valence-electron chi connectivity index (χ2n) is 5.69. The molecule has 1 heterocycles. The summed E-state index contributed by atoms with van der Waals surface area (Å²) in [6, 6.07) is 31.0. The average Bonchev–Trinajstić information content (AvgIpc) is 3.10. The van der Waals surface area contributed by atoms with Crippen LogP contribution in [0.5, 0.6) is 0 Å². The lowest BCUT2D eigenvalue weighted by molar-refractivity contribution is 0.0113. The van der Waals surface area contributed by atoms with Crippen LogP contribution in [0, 0.1) is 0 Å². The number of ether oxygens (including phenoxy) is 2. The van der Waals surface area contributed by atoms with Gasteiger partial charge in [-0.3, -0.25) is 0 Å². The van der Waals surface area contributed by atoms with Gasteiger partial charge in [-0.05, 0) is 16.7 Å². The smallest absolute Gasteiger partial charge is 0.151 e. The van der Waals surface area contributed by atoms with Crippen LogP contribution in [0.15, 0.2) is 91.0 Å². The van der Waals surface area contributed by atoms with Crippen molar-refractivity contribution in [3.63, 3.8) is 0 Å². The Morgan fingerprint density at radius 2 is 1.13 bits per heavy atom. The molecule has 1 fully saturated rings. The van der Waals surface area contributed by atoms with E-state index in [2.05, 4.69) is 36.4 Å². The second kappa shape index (κ2) is 5.99. The molecule has 0 N–H and O–H groups in total. The Bertz CT molecular complexity index is 714. The predicted octanol–water partition coefficient (Wildman–Crippen LogP) is 4.68. The summed E-state index contributed by atoms with van der Waals surface area (Å²) in [4.78, 5) is 0. The Hall–Kier alpha value is -2.42. The van der Waals surface area contributed by atoms with Gasteiger partial charge in [-0.1, -0.05) is 91.0 Å². The molecule has 1 aliphatic rings. The molecule has 0 amide bonds. The van der Waals surface area contributed by atoms with Crippen LogP contribution < -0.4 is 0 Å². The third kappa shape index (κ3) is 2.37. The minimum Gasteiger partial charge on any atom is -0.344 e. The van der Waals surface area contributed by atoms with Crippen LogP contribution in [-0.2, 0) is 15.1 Å². The highest BCUT2D eigenvalue weighted by Gasteiger charge is 2.49. The molecule has 1 saturated heterocycles. The number of hydrogen-bond acceptors (Lipinski definition) is 2. The van der Waals surface area contributed by atoms with Crippen molar-refractivity contribution in [2.24, 2.45) is 0 Å². The van der Waals surface area contributed by atoms with E-state index in [4.69, 9.17) is 9.47 Å². The Morgan fingerprint density at radius 1 is 0.652 bits per heavy atom. The van der Waals surface area contributed by atoms with Crippen LogP contribution in [0.3, 0.4) is 0 Å². The van der Waals surface area contributed by atoms with Crippen LogP contribution in [0.2, 0.25) is 0 Å². The van der Waals surface area contributed by atoms with Crippen molar-refractivity contribution in [2.45, 2.75) is 11.7 Å². The predicted molar refractivity (Wildman–Crippen MR) is 89.9 cm³/mol. The first-order chi connectivity index (χ1) is 11.4. The van der Waals surface area contributed by atoms with Gasteiger partial charge in [-0.25, -0.2) is 0 Å². The normalized spacial score (nSPS) is 19.6. The van der Waals surface area contributed by atoms with Crippen LogP contribution in [-0.4, -0.2) is 6.79 Å². The van der Waals surface area contributed by atoms with E-state index in [1.165, 1.54) is 0 Å². The zero-order valence-electron chi connectivity index (χ0n) is 12.8. The van der Waals surface area contributed by atoms with E-state index in [1.807, 2.05) is 54.6 Å². The van der Waals surface area contributed by atoms with E-state index >= 15 is 0 Å². The summed E-state index contributed by atoms with van der Waals surface area (Å²) in [6.07, 6.45) is -0.173. The van der Waals surface area contributed by atoms with E-state index in [9.17, 15) is 0 Å². The van der Waals surface area contributed by atoms with E-state index in [0.29, 0.717) is 0 Å². The summed E-state index contributed by atoms with van der Waals surface area (Å²) in [5.41, 5.74) is 2.72. The zero-order chi connectivity index (χ0) is 15.5. The molecule has 2 heteroatoms. The maximum Gasteiger partial charge on any atom is 0.151 e. The first kappa shape index (κ1) is 14.2. The molecular formula is C21H18O2. The molecule has 0 bridgehead atoms. The minimum absolute atomic E-state index is 0.173. The van der Waals surface area contributed by atoms with Gasteiger partial charge < -0.3 is 9.47 Å². The highest BCUT2D eigenvalue weighted by atomic mass is 16.7. The Kier molecular flexibility index (Phi) is 3.70. The molecule has 0 radical (unpaired) electrons. The second-order valence-corrected chi connectivity index (χ2v) is 5.69. The molecule has 1 unspecified atom stereocenters. The Morgan fingerprint density at radius 3 is 1.65 bits per heavy atom. The minimum atomic E-state index is -0.621. The van der Waals surface area contributed by atoms with Crippen LogP contribution in [0.1, 0.15) is 22.8 Å². The Balaban J connectivity index is 1.93. The standard InChI is InChI=1S/C21H18O2/c1-4-10-17(11-5-1)20-21(23-16-22-20,18-12-6-2-7-13-18)19-14-8-3-9-15-19/h1-15,20H,16H2. The highest BCUT2D eigenvalue weighted by Crippen LogP contribution is 2.49. The lowest BCUT2D eigenvalue weighted by Crippen LogP contribution is -2.33. The molecule has 23 heavy (non-hydrogen) atoms. The average molecular weight is 302 g/mol. The molecule has 1 atom stereocenters. The summed E-state index contributed by atoms with van der Waals surface area (Å²) in [5.74, 6) is 0. The van der Waals surface area contributed by atoms with Crippen LogP contribution in [0.4, 0.5) is 0 Å². The summed E-state index contributed by atoms with van der Waals surface area (Å²) < 4.78 is 12.3. The summed E-state index contributed by atoms with van der Waals surface area (Å²) in [6.45, 7) is 0.281. The fourth-order valence-corrected chi connectivity index (χ4v) is 3.35. The van der Waals surface area contributed by atoms with Gasteiger partial charge in [-0.2, -0.15) is 0 Å². The number of hydrogen-bond donors (Lipinski definition) is 0. The maximum absolute atomic E-state index is 6.26. The van der Waals surface area contributed by atoms with Gasteiger partial charge in [-0.15, -0.1) is 0 Å². The summed E-state index contributed by atoms with van der Waals surface area (Å²) >= 11 is 0. The molecule has 4 rings (SSSR count). The topological polar surface area (TPSA) is 18.5 Å². The number of benzene rings is 3. The fraction of sp³-hybridized carbons (Fsp3) is 0.143. The Labute approximate surface area is 136 Å². The van der Waals surface area contributed by atoms with E-state index in [0.717, 1.165) is 16.7 Å². The quantitative estimate of drug-likeness (QED) is 0.699. The fourth-order valence-electron chi connectivity index (χ4n) is 3.35. The van der Waals surface area contributed by atoms with Gasteiger partial charge in [0, 0.05) is 0 Å². The molecule has 0 aliphatic carbocycles. The summed E-state index contributed by atoms with van der Waals surface area (Å²) in [5, 5.41) is 0. The van der Waals surface area contributed by atoms with Crippen molar-refractivity contribution >= 4 is 0 Å². The van der Waals surface area contributed by atoms with Crippen molar-refractivity contribution in [1.82, 2.24) is 0 Å². The lowest BCUT2D eigenvalue weighted by Gasteiger charge is -2.34. The van der Waals surface area contributed by atoms with Crippen molar-refractivity contribution < 1.29 is 9.47 Å². The first-order valence-corrected chi connectivity index (χ1v) is 7.83. The SMILES string of the molecule is c1ccc(C2OCOC2(c2ccccc2)c2ccccc2)cc1. The van der Waals surface area contributed by atoms with Gasteiger partial charge in [0.15, 0.2) is 5.60 Å². The molecule has 0 saturated carbocycles. The highest BCUT2D eigenvalue weighted by molar-refractivity contribution is 5.41. The van der Waals surface area contributed by atoms with Gasteiger partial charge in [0.25, 0.3) is 0 Å². The van der Waals surface area contributed by atoms with E-state index in [-0.39, 0.29) is 12.9 Å². The van der Waals surface area contributed by atoms with Gasteiger partial charge in [0.2, 0.25) is 0 Å². The molecule has 114 valence electrons. The van der Waals surface area contributed by atoms with Crippen LogP contribution in [0.25, 0.3) is 0 Å². The van der Waals surface area contributed by atoms with Crippen molar-refractivity contribution in [3.8, 4) is 0 Å². The van der Waals surface area contributed by atoms with E-state index < -0.39 is 5.60 Å². The van der Waals surface area contributed by atoms with Crippen molar-refractivity contribution in [2.75, 3.05) is 6.79 Å². The summed E-state index contributed by atoms with van der Waals surface area (Å²) in [7, 11) is 0. The maximum atomic E-state index is 6.26. The number of rotatable bonds is 3. The lowest BCUT2D eigenvalue weighted by atomic mass is 9.79. The molecule has 3 aromatic rings. The molecule has 3 aromatic carbocycles. The van der Waals surface area contributed by atoms with Gasteiger partial charge >= 0.3 is 0 Å². The third-order valence-corrected chi connectivity index (χ3v) is 4.40. The van der Waals surface area contributed by atoms with Crippen LogP contribution >= 0.6 is 0 Å². The molecule has 0 spiro atoms. The first-order valence-electron chi connectivity index (χ1n) is 7.83. The molecule has 2 nitrogen and oxygen atoms in total. The largest absolute Gasteiger partial charge is 0.344 e.